The van der Waals surface area contributed by atoms with Crippen molar-refractivity contribution in [3.8, 4) is 0 Å². The lowest BCUT2D eigenvalue weighted by Gasteiger charge is -2.42. The van der Waals surface area contributed by atoms with Gasteiger partial charge in [0.05, 0.1) is 6.61 Å². The minimum absolute atomic E-state index is 0.0765. The molecule has 0 bridgehead atoms. The number of benzene rings is 1. The number of fused-ring (bicyclic) bond motifs is 1. The van der Waals surface area contributed by atoms with Gasteiger partial charge in [0.15, 0.2) is 0 Å². The summed E-state index contributed by atoms with van der Waals surface area (Å²) in [7, 11) is -3.91. The molecule has 1 aromatic carbocycles. The third-order valence-electron chi connectivity index (χ3n) is 7.50. The Hall–Kier alpha value is -1.41. The Bertz CT molecular complexity index is 969. The van der Waals surface area contributed by atoms with Crippen molar-refractivity contribution < 1.29 is 12.6 Å². The Kier molecular flexibility index (Phi) is 7.06. The van der Waals surface area contributed by atoms with Gasteiger partial charge in [-0.1, -0.05) is 32.0 Å². The molecule has 2 fully saturated rings. The molecule has 172 valence electrons. The van der Waals surface area contributed by atoms with Crippen molar-refractivity contribution in [3.63, 3.8) is 0 Å². The van der Waals surface area contributed by atoms with Crippen LogP contribution in [0.4, 0.5) is 0 Å². The maximum atomic E-state index is 11.2. The first-order chi connectivity index (χ1) is 14.8. The number of piperidine rings is 1. The Balaban J connectivity index is 1.43. The van der Waals surface area contributed by atoms with Crippen molar-refractivity contribution in [1.82, 2.24) is 9.47 Å². The van der Waals surface area contributed by atoms with Crippen molar-refractivity contribution in [2.24, 2.45) is 17.0 Å². The second-order valence-electron chi connectivity index (χ2n) is 9.71. The van der Waals surface area contributed by atoms with Gasteiger partial charge in [-0.15, -0.1) is 0 Å². The number of para-hydroxylation sites is 1. The topological polar surface area (TPSA) is 77.6 Å². The van der Waals surface area contributed by atoms with Gasteiger partial charge >= 0.3 is 10.3 Å². The van der Waals surface area contributed by atoms with E-state index in [1.165, 1.54) is 36.6 Å². The smallest absolute Gasteiger partial charge is 0.333 e. The van der Waals surface area contributed by atoms with Crippen LogP contribution < -0.4 is 5.14 Å². The maximum Gasteiger partial charge on any atom is 0.333 e. The summed E-state index contributed by atoms with van der Waals surface area (Å²) in [6, 6.07) is 11.8. The zero-order valence-electron chi connectivity index (χ0n) is 18.9. The van der Waals surface area contributed by atoms with Gasteiger partial charge in [0.1, 0.15) is 0 Å². The Morgan fingerprint density at radius 2 is 1.71 bits per heavy atom. The minimum Gasteiger partial charge on any atom is -0.341 e. The van der Waals surface area contributed by atoms with Crippen LogP contribution in [0.25, 0.3) is 10.9 Å². The Morgan fingerprint density at radius 1 is 1.03 bits per heavy atom. The molecule has 1 saturated heterocycles. The van der Waals surface area contributed by atoms with E-state index < -0.39 is 10.3 Å². The number of likely N-dealkylation sites (tertiary alicyclic amines) is 1. The van der Waals surface area contributed by atoms with E-state index in [0.717, 1.165) is 49.5 Å². The average molecular weight is 448 g/mol. The van der Waals surface area contributed by atoms with Crippen LogP contribution in [-0.2, 0) is 20.9 Å². The zero-order chi connectivity index (χ0) is 22.0. The highest BCUT2D eigenvalue weighted by Gasteiger charge is 2.31. The lowest BCUT2D eigenvalue weighted by Crippen LogP contribution is -2.44. The first kappa shape index (κ1) is 22.8. The summed E-state index contributed by atoms with van der Waals surface area (Å²) in [6.07, 6.45) is 8.23. The molecule has 0 amide bonds. The van der Waals surface area contributed by atoms with E-state index in [4.69, 9.17) is 9.32 Å². The third-order valence-corrected chi connectivity index (χ3v) is 7.99. The largest absolute Gasteiger partial charge is 0.341 e. The van der Waals surface area contributed by atoms with Crippen molar-refractivity contribution >= 4 is 21.2 Å². The predicted molar refractivity (Wildman–Crippen MR) is 125 cm³/mol. The highest BCUT2D eigenvalue weighted by atomic mass is 32.2. The van der Waals surface area contributed by atoms with Crippen LogP contribution in [0, 0.1) is 11.8 Å². The van der Waals surface area contributed by atoms with E-state index in [-0.39, 0.29) is 6.61 Å². The first-order valence-electron chi connectivity index (χ1n) is 11.8. The molecule has 2 N–H and O–H groups in total. The monoisotopic (exact) mass is 447 g/mol. The maximum absolute atomic E-state index is 11.2. The SMILES string of the molecule is CC(C)[C@H]1CC[C@@H](N2CCC(n3c(CCOS(N)(=O)=O)cc4ccccc43)CC2)CC1. The molecule has 0 atom stereocenters. The van der Waals surface area contributed by atoms with Gasteiger partial charge in [0.2, 0.25) is 0 Å². The second kappa shape index (κ2) is 9.61. The molecule has 2 heterocycles. The van der Waals surface area contributed by atoms with Crippen molar-refractivity contribution in [2.75, 3.05) is 19.7 Å². The summed E-state index contributed by atoms with van der Waals surface area (Å²) in [4.78, 5) is 2.72. The molecule has 6 nitrogen and oxygen atoms in total. The molecule has 1 aromatic heterocycles. The van der Waals surface area contributed by atoms with Crippen LogP contribution >= 0.6 is 0 Å². The molecule has 4 rings (SSSR count). The van der Waals surface area contributed by atoms with Crippen molar-refractivity contribution in [1.29, 1.82) is 0 Å². The highest BCUT2D eigenvalue weighted by Crippen LogP contribution is 2.36. The van der Waals surface area contributed by atoms with Crippen LogP contribution in [0.15, 0.2) is 30.3 Å². The molecule has 0 spiro atoms. The second-order valence-corrected chi connectivity index (χ2v) is 10.9. The highest BCUT2D eigenvalue weighted by molar-refractivity contribution is 7.84. The molecule has 7 heteroatoms. The van der Waals surface area contributed by atoms with Crippen molar-refractivity contribution in [3.05, 3.63) is 36.0 Å². The predicted octanol–water partition coefficient (Wildman–Crippen LogP) is 4.26. The summed E-state index contributed by atoms with van der Waals surface area (Å²) in [5, 5.41) is 6.20. The fourth-order valence-electron chi connectivity index (χ4n) is 5.76. The number of rotatable bonds is 7. The van der Waals surface area contributed by atoms with E-state index >= 15 is 0 Å². The summed E-state index contributed by atoms with van der Waals surface area (Å²) in [6.45, 7) is 7.09. The van der Waals surface area contributed by atoms with Gasteiger partial charge in [0.25, 0.3) is 0 Å². The molecule has 31 heavy (non-hydrogen) atoms. The van der Waals surface area contributed by atoms with Crippen LogP contribution in [0.5, 0.6) is 0 Å². The molecular formula is C24H37N3O3S. The molecule has 2 aliphatic rings. The number of hydrogen-bond acceptors (Lipinski definition) is 4. The first-order valence-corrected chi connectivity index (χ1v) is 13.3. The molecule has 2 aromatic rings. The third kappa shape index (κ3) is 5.51. The Labute approximate surface area is 187 Å². The minimum atomic E-state index is -3.91. The van der Waals surface area contributed by atoms with Crippen molar-refractivity contribution in [2.45, 2.75) is 70.9 Å². The fourth-order valence-corrected chi connectivity index (χ4v) is 6.08. The lowest BCUT2D eigenvalue weighted by molar-refractivity contribution is 0.0889. The van der Waals surface area contributed by atoms with E-state index in [0.29, 0.717) is 12.5 Å². The summed E-state index contributed by atoms with van der Waals surface area (Å²) < 4.78 is 29.6. The van der Waals surface area contributed by atoms with E-state index in [1.54, 1.807) is 0 Å². The summed E-state index contributed by atoms with van der Waals surface area (Å²) in [5.41, 5.74) is 2.35. The molecule has 0 radical (unpaired) electrons. The normalized spacial score (nSPS) is 24.3. The molecule has 1 saturated carbocycles. The van der Waals surface area contributed by atoms with Crippen LogP contribution in [0.3, 0.4) is 0 Å². The van der Waals surface area contributed by atoms with Gasteiger partial charge in [-0.2, -0.15) is 8.42 Å². The number of hydrogen-bond donors (Lipinski definition) is 1. The summed E-state index contributed by atoms with van der Waals surface area (Å²) in [5.74, 6) is 1.72. The van der Waals surface area contributed by atoms with E-state index in [1.807, 2.05) is 6.07 Å². The van der Waals surface area contributed by atoms with Gasteiger partial charge in [0, 0.05) is 42.8 Å². The van der Waals surface area contributed by atoms with Crippen LogP contribution in [-0.4, -0.2) is 43.6 Å². The lowest BCUT2D eigenvalue weighted by atomic mass is 9.79. The quantitative estimate of drug-likeness (QED) is 0.688. The molecular weight excluding hydrogens is 410 g/mol. The fraction of sp³-hybridized carbons (Fsp3) is 0.667. The molecule has 1 aliphatic heterocycles. The van der Waals surface area contributed by atoms with Crippen LogP contribution in [0.2, 0.25) is 0 Å². The van der Waals surface area contributed by atoms with E-state index in [2.05, 4.69) is 47.6 Å². The summed E-state index contributed by atoms with van der Waals surface area (Å²) >= 11 is 0. The standard InChI is InChI=1S/C24H37N3O3S/c1-18(2)19-7-9-21(10-8-19)26-14-11-22(12-15-26)27-23(13-16-30-31(25,28)29)17-20-5-3-4-6-24(20)27/h3-6,17-19,21-22H,7-16H2,1-2H3,(H2,25,28,29)/t19-,21+. The van der Waals surface area contributed by atoms with Gasteiger partial charge in [-0.3, -0.25) is 4.18 Å². The number of nitrogens with zero attached hydrogens (tertiary/aromatic N) is 2. The van der Waals surface area contributed by atoms with Crippen LogP contribution in [0.1, 0.15) is 64.1 Å². The van der Waals surface area contributed by atoms with Gasteiger partial charge in [-0.25, -0.2) is 5.14 Å². The molecule has 0 unspecified atom stereocenters. The molecule has 1 aliphatic carbocycles. The zero-order valence-corrected chi connectivity index (χ0v) is 19.7. The van der Waals surface area contributed by atoms with E-state index in [9.17, 15) is 8.42 Å². The average Bonchev–Trinajstić information content (AvgIpc) is 3.11. The van der Waals surface area contributed by atoms with Gasteiger partial charge in [-0.05, 0) is 67.9 Å². The van der Waals surface area contributed by atoms with Gasteiger partial charge < -0.3 is 9.47 Å². The number of aromatic nitrogens is 1. The number of nitrogens with two attached hydrogens (primary N) is 1. The Morgan fingerprint density at radius 3 is 2.35 bits per heavy atom.